The van der Waals surface area contributed by atoms with Crippen LogP contribution in [0.15, 0.2) is 36.4 Å². The van der Waals surface area contributed by atoms with Crippen molar-refractivity contribution in [2.45, 2.75) is 26.0 Å². The number of aliphatic hydroxyl groups is 1. The first-order valence-corrected chi connectivity index (χ1v) is 11.3. The van der Waals surface area contributed by atoms with Gasteiger partial charge in [-0.3, -0.25) is 4.72 Å². The van der Waals surface area contributed by atoms with Crippen LogP contribution in [0.4, 0.5) is 11.4 Å². The van der Waals surface area contributed by atoms with Crippen LogP contribution in [-0.2, 0) is 10.0 Å². The molecule has 2 aromatic rings. The van der Waals surface area contributed by atoms with Gasteiger partial charge in [0.25, 0.3) is 0 Å². The summed E-state index contributed by atoms with van der Waals surface area (Å²) in [4.78, 5) is 2.02. The van der Waals surface area contributed by atoms with Crippen LogP contribution in [0.2, 0.25) is 0 Å². The van der Waals surface area contributed by atoms with Gasteiger partial charge in [0, 0.05) is 30.4 Å². The van der Waals surface area contributed by atoms with Gasteiger partial charge in [-0.2, -0.15) is 0 Å². The molecule has 10 heteroatoms. The minimum absolute atomic E-state index is 0.00802. The topological polar surface area (TPSA) is 118 Å². The summed E-state index contributed by atoms with van der Waals surface area (Å²) < 4.78 is 41.4. The second-order valence-electron chi connectivity index (χ2n) is 7.30. The summed E-state index contributed by atoms with van der Waals surface area (Å²) in [5, 5.41) is 20.3. The summed E-state index contributed by atoms with van der Waals surface area (Å²) in [6.45, 7) is 4.52. The van der Waals surface area contributed by atoms with Crippen LogP contribution in [0, 0.1) is 0 Å². The van der Waals surface area contributed by atoms with Gasteiger partial charge in [0.1, 0.15) is 24.2 Å². The first-order chi connectivity index (χ1) is 14.1. The number of rotatable bonds is 9. The number of anilines is 2. The molecule has 1 heterocycles. The van der Waals surface area contributed by atoms with E-state index in [2.05, 4.69) is 4.72 Å². The first kappa shape index (κ1) is 21.8. The third-order valence-corrected chi connectivity index (χ3v) is 5.02. The highest BCUT2D eigenvalue weighted by molar-refractivity contribution is 7.92. The zero-order valence-electron chi connectivity index (χ0n) is 17.0. The van der Waals surface area contributed by atoms with Crippen molar-refractivity contribution in [2.75, 3.05) is 35.8 Å². The van der Waals surface area contributed by atoms with E-state index >= 15 is 0 Å². The van der Waals surface area contributed by atoms with E-state index in [0.29, 0.717) is 23.8 Å². The number of sulfonamides is 1. The highest BCUT2D eigenvalue weighted by Gasteiger charge is 2.20. The SMILES string of the molecule is CC(C)N(CC(O)COc1ccc(O)c(NS(C)(=O)=O)c1)c1ccc2c(c1)OCO2. The maximum absolute atomic E-state index is 11.4. The molecule has 0 amide bonds. The van der Waals surface area contributed by atoms with Crippen molar-refractivity contribution in [3.8, 4) is 23.0 Å². The Balaban J connectivity index is 1.64. The first-order valence-electron chi connectivity index (χ1n) is 9.40. The van der Waals surface area contributed by atoms with E-state index in [1.165, 1.54) is 18.2 Å². The van der Waals surface area contributed by atoms with Gasteiger partial charge in [-0.05, 0) is 38.1 Å². The van der Waals surface area contributed by atoms with E-state index in [1.54, 1.807) is 0 Å². The number of fused-ring (bicyclic) bond motifs is 1. The molecule has 0 aromatic heterocycles. The molecular weight excluding hydrogens is 412 g/mol. The van der Waals surface area contributed by atoms with E-state index in [1.807, 2.05) is 36.9 Å². The molecule has 2 aromatic carbocycles. The fourth-order valence-electron chi connectivity index (χ4n) is 3.04. The summed E-state index contributed by atoms with van der Waals surface area (Å²) in [5.74, 6) is 1.45. The molecule has 3 rings (SSSR count). The molecule has 0 saturated carbocycles. The average molecular weight is 439 g/mol. The van der Waals surface area contributed by atoms with Crippen LogP contribution in [0.3, 0.4) is 0 Å². The van der Waals surface area contributed by atoms with Gasteiger partial charge in [0.05, 0.1) is 11.9 Å². The average Bonchev–Trinajstić information content (AvgIpc) is 3.13. The molecular formula is C20H26N2O7S. The van der Waals surface area contributed by atoms with Crippen LogP contribution >= 0.6 is 0 Å². The Bertz CT molecular complexity index is 995. The van der Waals surface area contributed by atoms with Crippen LogP contribution in [0.1, 0.15) is 13.8 Å². The molecule has 1 unspecified atom stereocenters. The predicted molar refractivity (Wildman–Crippen MR) is 113 cm³/mol. The maximum Gasteiger partial charge on any atom is 0.231 e. The Hall–Kier alpha value is -2.85. The number of phenols is 1. The van der Waals surface area contributed by atoms with Crippen molar-refractivity contribution in [1.29, 1.82) is 0 Å². The zero-order valence-corrected chi connectivity index (χ0v) is 17.8. The lowest BCUT2D eigenvalue weighted by Crippen LogP contribution is -2.40. The summed E-state index contributed by atoms with van der Waals surface area (Å²) >= 11 is 0. The zero-order chi connectivity index (χ0) is 21.9. The smallest absolute Gasteiger partial charge is 0.231 e. The fraction of sp³-hybridized carbons (Fsp3) is 0.400. The quantitative estimate of drug-likeness (QED) is 0.510. The summed E-state index contributed by atoms with van der Waals surface area (Å²) in [6.07, 6.45) is 0.165. The number of nitrogens with one attached hydrogen (secondary N) is 1. The molecule has 164 valence electrons. The lowest BCUT2D eigenvalue weighted by molar-refractivity contribution is 0.111. The number of hydrogen-bond donors (Lipinski definition) is 3. The molecule has 1 aliphatic rings. The molecule has 3 N–H and O–H groups in total. The third-order valence-electron chi connectivity index (χ3n) is 4.42. The lowest BCUT2D eigenvalue weighted by atomic mass is 10.2. The summed E-state index contributed by atoms with van der Waals surface area (Å²) in [6, 6.07) is 9.90. The van der Waals surface area contributed by atoms with Gasteiger partial charge >= 0.3 is 0 Å². The van der Waals surface area contributed by atoms with Crippen molar-refractivity contribution in [1.82, 2.24) is 0 Å². The fourth-order valence-corrected chi connectivity index (χ4v) is 3.60. The molecule has 1 aliphatic heterocycles. The normalized spacial score (nSPS) is 13.9. The van der Waals surface area contributed by atoms with E-state index < -0.39 is 16.1 Å². The van der Waals surface area contributed by atoms with Gasteiger partial charge in [-0.25, -0.2) is 8.42 Å². The van der Waals surface area contributed by atoms with E-state index in [0.717, 1.165) is 11.9 Å². The molecule has 0 fully saturated rings. The number of benzene rings is 2. The number of aliphatic hydroxyl groups excluding tert-OH is 1. The highest BCUT2D eigenvalue weighted by atomic mass is 32.2. The van der Waals surface area contributed by atoms with Crippen LogP contribution < -0.4 is 23.8 Å². The molecule has 30 heavy (non-hydrogen) atoms. The molecule has 0 radical (unpaired) electrons. The second kappa shape index (κ2) is 8.88. The number of ether oxygens (including phenoxy) is 3. The van der Waals surface area contributed by atoms with E-state index in [-0.39, 0.29) is 30.9 Å². The minimum Gasteiger partial charge on any atom is -0.506 e. The summed E-state index contributed by atoms with van der Waals surface area (Å²) in [5.41, 5.74) is 0.895. The summed E-state index contributed by atoms with van der Waals surface area (Å²) in [7, 11) is -3.55. The Kier molecular flexibility index (Phi) is 6.47. The standard InChI is InChI=1S/C20H26N2O7S/c1-13(2)22(14-4-7-19-20(8-14)29-12-28-19)10-15(23)11-27-16-5-6-18(24)17(9-16)21-30(3,25)26/h4-9,13,15,21,23-24H,10-12H2,1-3H3. The Morgan fingerprint density at radius 3 is 2.60 bits per heavy atom. The molecule has 0 bridgehead atoms. The number of aromatic hydroxyl groups is 1. The van der Waals surface area contributed by atoms with E-state index in [4.69, 9.17) is 14.2 Å². The minimum atomic E-state index is -3.55. The lowest BCUT2D eigenvalue weighted by Gasteiger charge is -2.31. The van der Waals surface area contributed by atoms with Gasteiger partial charge < -0.3 is 29.3 Å². The maximum atomic E-state index is 11.4. The van der Waals surface area contributed by atoms with Crippen molar-refractivity contribution in [3.05, 3.63) is 36.4 Å². The third kappa shape index (κ3) is 5.61. The molecule has 0 aliphatic carbocycles. The monoisotopic (exact) mass is 438 g/mol. The molecule has 1 atom stereocenters. The largest absolute Gasteiger partial charge is 0.506 e. The molecule has 0 spiro atoms. The van der Waals surface area contributed by atoms with Crippen molar-refractivity contribution >= 4 is 21.4 Å². The van der Waals surface area contributed by atoms with Gasteiger partial charge in [-0.1, -0.05) is 0 Å². The Morgan fingerprint density at radius 2 is 1.90 bits per heavy atom. The Morgan fingerprint density at radius 1 is 1.17 bits per heavy atom. The van der Waals surface area contributed by atoms with Crippen LogP contribution in [0.25, 0.3) is 0 Å². The van der Waals surface area contributed by atoms with Crippen molar-refractivity contribution < 1.29 is 32.8 Å². The van der Waals surface area contributed by atoms with Crippen LogP contribution in [-0.4, -0.2) is 57.0 Å². The van der Waals surface area contributed by atoms with Crippen molar-refractivity contribution in [3.63, 3.8) is 0 Å². The highest BCUT2D eigenvalue weighted by Crippen LogP contribution is 2.36. The molecule has 0 saturated heterocycles. The number of nitrogens with zero attached hydrogens (tertiary/aromatic N) is 1. The van der Waals surface area contributed by atoms with E-state index in [9.17, 15) is 18.6 Å². The van der Waals surface area contributed by atoms with Crippen LogP contribution in [0.5, 0.6) is 23.0 Å². The molecule has 9 nitrogen and oxygen atoms in total. The van der Waals surface area contributed by atoms with Gasteiger partial charge in [0.15, 0.2) is 11.5 Å². The number of phenolic OH excluding ortho intramolecular Hbond substituents is 1. The van der Waals surface area contributed by atoms with Gasteiger partial charge in [-0.15, -0.1) is 0 Å². The van der Waals surface area contributed by atoms with Gasteiger partial charge in [0.2, 0.25) is 16.8 Å². The number of hydrogen-bond acceptors (Lipinski definition) is 8. The Labute approximate surface area is 175 Å². The van der Waals surface area contributed by atoms with Crippen molar-refractivity contribution in [2.24, 2.45) is 0 Å². The second-order valence-corrected chi connectivity index (χ2v) is 9.05. The predicted octanol–water partition coefficient (Wildman–Crippen LogP) is 2.15.